The van der Waals surface area contributed by atoms with Crippen LogP contribution in [0.3, 0.4) is 0 Å². The number of nitrogens with zero attached hydrogens (tertiary/aromatic N) is 1. The van der Waals surface area contributed by atoms with Gasteiger partial charge in [-0.3, -0.25) is 4.79 Å². The number of carboxylic acid groups (broad SMARTS) is 1. The number of carbonyl (C=O) groups is 2. The van der Waals surface area contributed by atoms with Gasteiger partial charge in [0.05, 0.1) is 0 Å². The molecule has 2 aliphatic rings. The lowest BCUT2D eigenvalue weighted by Crippen LogP contribution is -2.41. The van der Waals surface area contributed by atoms with E-state index < -0.39 is 12.0 Å². The Bertz CT molecular complexity index is 560. The van der Waals surface area contributed by atoms with Crippen molar-refractivity contribution in [2.45, 2.75) is 31.2 Å². The Balaban J connectivity index is 1.70. The molecule has 106 valence electrons. The smallest absolute Gasteiger partial charge is 0.326 e. The summed E-state index contributed by atoms with van der Waals surface area (Å²) in [4.78, 5) is 25.1. The first kappa shape index (κ1) is 13.4. The normalized spacial score (nSPS) is 28.4. The second-order valence-electron chi connectivity index (χ2n) is 5.53. The van der Waals surface area contributed by atoms with Crippen molar-refractivity contribution in [1.29, 1.82) is 0 Å². The predicted molar refractivity (Wildman–Crippen MR) is 74.7 cm³/mol. The molecule has 0 aromatic heterocycles. The van der Waals surface area contributed by atoms with E-state index in [4.69, 9.17) is 16.7 Å². The minimum Gasteiger partial charge on any atom is -0.480 e. The average molecular weight is 294 g/mol. The van der Waals surface area contributed by atoms with Crippen LogP contribution in [0.5, 0.6) is 0 Å². The van der Waals surface area contributed by atoms with Gasteiger partial charge in [0.25, 0.3) is 0 Å². The highest BCUT2D eigenvalue weighted by Crippen LogP contribution is 2.49. The molecule has 1 saturated heterocycles. The first-order valence-electron chi connectivity index (χ1n) is 6.86. The van der Waals surface area contributed by atoms with Crippen molar-refractivity contribution in [3.05, 3.63) is 34.9 Å². The summed E-state index contributed by atoms with van der Waals surface area (Å²) < 4.78 is 0. The van der Waals surface area contributed by atoms with Crippen molar-refractivity contribution < 1.29 is 14.7 Å². The number of aliphatic carboxylic acids is 1. The van der Waals surface area contributed by atoms with Crippen LogP contribution in [0.25, 0.3) is 0 Å². The molecule has 1 amide bonds. The zero-order valence-corrected chi connectivity index (χ0v) is 11.7. The second-order valence-corrected chi connectivity index (χ2v) is 5.97. The number of carbonyl (C=O) groups excluding carboxylic acids is 1. The summed E-state index contributed by atoms with van der Waals surface area (Å²) >= 11 is 5.96. The molecule has 0 unspecified atom stereocenters. The zero-order chi connectivity index (χ0) is 14.3. The largest absolute Gasteiger partial charge is 0.480 e. The molecule has 1 saturated carbocycles. The van der Waals surface area contributed by atoms with Crippen LogP contribution in [-0.4, -0.2) is 34.5 Å². The number of hydrogen-bond acceptors (Lipinski definition) is 2. The fraction of sp³-hybridized carbons (Fsp3) is 0.467. The lowest BCUT2D eigenvalue weighted by molar-refractivity contribution is -0.148. The van der Waals surface area contributed by atoms with Crippen molar-refractivity contribution >= 4 is 23.5 Å². The fourth-order valence-corrected chi connectivity index (χ4v) is 3.27. The van der Waals surface area contributed by atoms with Crippen molar-refractivity contribution in [3.8, 4) is 0 Å². The summed E-state index contributed by atoms with van der Waals surface area (Å²) in [5.74, 6) is -0.791. The lowest BCUT2D eigenvalue weighted by atomic mass is 10.1. The van der Waals surface area contributed by atoms with Gasteiger partial charge in [0.2, 0.25) is 5.91 Å². The Hall–Kier alpha value is -1.55. The summed E-state index contributed by atoms with van der Waals surface area (Å²) in [6.07, 6.45) is 2.13. The standard InChI is InChI=1S/C15H16ClNO3/c16-10-4-1-3-9(7-10)11-8-12(11)14(18)17-6-2-5-13(17)15(19)20/h1,3-4,7,11-13H,2,5-6,8H2,(H,19,20)/t11-,12-,13-/m0/s1. The Morgan fingerprint density at radius 3 is 2.85 bits per heavy atom. The Labute approximate surface area is 122 Å². The molecule has 1 aliphatic heterocycles. The van der Waals surface area contributed by atoms with E-state index in [0.717, 1.165) is 18.4 Å². The van der Waals surface area contributed by atoms with E-state index in [9.17, 15) is 9.59 Å². The monoisotopic (exact) mass is 293 g/mol. The molecule has 1 aromatic rings. The van der Waals surface area contributed by atoms with Crippen LogP contribution in [0.4, 0.5) is 0 Å². The van der Waals surface area contributed by atoms with Crippen LogP contribution in [0.1, 0.15) is 30.7 Å². The van der Waals surface area contributed by atoms with Gasteiger partial charge in [0, 0.05) is 17.5 Å². The van der Waals surface area contributed by atoms with Gasteiger partial charge in [0.15, 0.2) is 0 Å². The molecule has 1 aromatic carbocycles. The third-order valence-corrected chi connectivity index (χ3v) is 4.44. The molecule has 0 spiro atoms. The van der Waals surface area contributed by atoms with Gasteiger partial charge < -0.3 is 10.0 Å². The molecule has 1 aliphatic carbocycles. The molecule has 5 heteroatoms. The van der Waals surface area contributed by atoms with Gasteiger partial charge in [-0.1, -0.05) is 23.7 Å². The van der Waals surface area contributed by atoms with Gasteiger partial charge >= 0.3 is 5.97 Å². The highest BCUT2D eigenvalue weighted by molar-refractivity contribution is 6.30. The van der Waals surface area contributed by atoms with Crippen molar-refractivity contribution in [1.82, 2.24) is 4.90 Å². The first-order valence-corrected chi connectivity index (χ1v) is 7.24. The van der Waals surface area contributed by atoms with E-state index in [0.29, 0.717) is 18.0 Å². The van der Waals surface area contributed by atoms with Crippen LogP contribution < -0.4 is 0 Å². The predicted octanol–water partition coefficient (Wildman–Crippen LogP) is 2.52. The molecule has 2 fully saturated rings. The fourth-order valence-electron chi connectivity index (χ4n) is 3.07. The van der Waals surface area contributed by atoms with Crippen LogP contribution in [0.2, 0.25) is 5.02 Å². The molecule has 20 heavy (non-hydrogen) atoms. The van der Waals surface area contributed by atoms with Gasteiger partial charge in [-0.2, -0.15) is 0 Å². The van der Waals surface area contributed by atoms with Gasteiger partial charge in [-0.15, -0.1) is 0 Å². The molecule has 3 atom stereocenters. The maximum Gasteiger partial charge on any atom is 0.326 e. The third-order valence-electron chi connectivity index (χ3n) is 4.21. The van der Waals surface area contributed by atoms with Crippen LogP contribution in [-0.2, 0) is 9.59 Å². The van der Waals surface area contributed by atoms with Crippen molar-refractivity contribution in [2.75, 3.05) is 6.54 Å². The molecular weight excluding hydrogens is 278 g/mol. The molecule has 4 nitrogen and oxygen atoms in total. The topological polar surface area (TPSA) is 57.6 Å². The summed E-state index contributed by atoms with van der Waals surface area (Å²) in [5, 5.41) is 9.81. The minimum atomic E-state index is -0.893. The lowest BCUT2D eigenvalue weighted by Gasteiger charge is -2.21. The SMILES string of the molecule is O=C(O)[C@@H]1CCCN1C(=O)[C@H]1C[C@H]1c1cccc(Cl)c1. The summed E-state index contributed by atoms with van der Waals surface area (Å²) in [7, 11) is 0. The Morgan fingerprint density at radius 2 is 2.15 bits per heavy atom. The molecule has 3 rings (SSSR count). The van der Waals surface area contributed by atoms with E-state index in [1.54, 1.807) is 0 Å². The van der Waals surface area contributed by atoms with E-state index in [1.165, 1.54) is 4.90 Å². The molecule has 0 radical (unpaired) electrons. The van der Waals surface area contributed by atoms with E-state index >= 15 is 0 Å². The van der Waals surface area contributed by atoms with E-state index in [2.05, 4.69) is 0 Å². The molecule has 1 heterocycles. The summed E-state index contributed by atoms with van der Waals surface area (Å²) in [6.45, 7) is 0.564. The van der Waals surface area contributed by atoms with Gasteiger partial charge in [-0.25, -0.2) is 4.79 Å². The molecule has 0 bridgehead atoms. The van der Waals surface area contributed by atoms with Crippen molar-refractivity contribution in [2.24, 2.45) is 5.92 Å². The number of rotatable bonds is 3. The van der Waals surface area contributed by atoms with Crippen LogP contribution >= 0.6 is 11.6 Å². The maximum absolute atomic E-state index is 12.4. The zero-order valence-electron chi connectivity index (χ0n) is 11.0. The van der Waals surface area contributed by atoms with Crippen LogP contribution in [0, 0.1) is 5.92 Å². The second kappa shape index (κ2) is 5.09. The minimum absolute atomic E-state index is 0.0140. The van der Waals surface area contributed by atoms with E-state index in [-0.39, 0.29) is 17.7 Å². The number of likely N-dealkylation sites (tertiary alicyclic amines) is 1. The first-order chi connectivity index (χ1) is 9.58. The number of carboxylic acids is 1. The Morgan fingerprint density at radius 1 is 1.35 bits per heavy atom. The number of hydrogen-bond donors (Lipinski definition) is 1. The Kier molecular flexibility index (Phi) is 3.42. The average Bonchev–Trinajstić information content (AvgIpc) is 3.06. The highest BCUT2D eigenvalue weighted by Gasteiger charge is 2.48. The van der Waals surface area contributed by atoms with Crippen molar-refractivity contribution in [3.63, 3.8) is 0 Å². The van der Waals surface area contributed by atoms with E-state index in [1.807, 2.05) is 24.3 Å². The molecular formula is C15H16ClNO3. The third kappa shape index (κ3) is 2.40. The summed E-state index contributed by atoms with van der Waals surface area (Å²) in [6, 6.07) is 6.92. The van der Waals surface area contributed by atoms with Gasteiger partial charge in [-0.05, 0) is 42.9 Å². The highest BCUT2D eigenvalue weighted by atomic mass is 35.5. The molecule has 1 N–H and O–H groups in total. The summed E-state index contributed by atoms with van der Waals surface area (Å²) in [5.41, 5.74) is 1.07. The van der Waals surface area contributed by atoms with Gasteiger partial charge in [0.1, 0.15) is 6.04 Å². The maximum atomic E-state index is 12.4. The number of amides is 1. The number of benzene rings is 1. The quantitative estimate of drug-likeness (QED) is 0.931. The number of halogens is 1. The van der Waals surface area contributed by atoms with Crippen LogP contribution in [0.15, 0.2) is 24.3 Å².